The molecule has 1 N–H and O–H groups in total. The number of hydrogen-bond donors (Lipinski definition) is 1. The molecule has 7 heteroatoms. The molecule has 0 aromatic heterocycles. The third-order valence-corrected chi connectivity index (χ3v) is 4.70. The number of para-hydroxylation sites is 1. The smallest absolute Gasteiger partial charge is 0.233 e. The number of nitrogens with one attached hydrogen (secondary N) is 1. The molecule has 6 nitrogen and oxygen atoms in total. The zero-order chi connectivity index (χ0) is 19.6. The van der Waals surface area contributed by atoms with E-state index in [2.05, 4.69) is 5.32 Å². The average Bonchev–Trinajstić information content (AvgIpc) is 2.72. The second kappa shape index (κ2) is 10.4. The van der Waals surface area contributed by atoms with Crippen molar-refractivity contribution in [1.82, 2.24) is 5.32 Å². The lowest BCUT2D eigenvalue weighted by Gasteiger charge is -2.12. The lowest BCUT2D eigenvalue weighted by Crippen LogP contribution is -2.31. The molecule has 0 heterocycles. The second-order valence-corrected chi connectivity index (χ2v) is 6.63. The summed E-state index contributed by atoms with van der Waals surface area (Å²) in [6.07, 6.45) is 0.420. The molecule has 1 atom stereocenters. The van der Waals surface area contributed by atoms with Crippen LogP contribution in [0.3, 0.4) is 0 Å². The molecule has 0 aliphatic carbocycles. The molecule has 0 fully saturated rings. The molecule has 0 spiro atoms. The summed E-state index contributed by atoms with van der Waals surface area (Å²) in [7, 11) is 3.05. The Morgan fingerprint density at radius 2 is 1.85 bits per heavy atom. The van der Waals surface area contributed by atoms with Gasteiger partial charge in [0, 0.05) is 7.05 Å². The van der Waals surface area contributed by atoms with Crippen LogP contribution in [0.1, 0.15) is 15.9 Å². The van der Waals surface area contributed by atoms with Gasteiger partial charge in [-0.1, -0.05) is 36.0 Å². The van der Waals surface area contributed by atoms with Gasteiger partial charge in [0.05, 0.1) is 17.9 Å². The molecular weight excluding hydrogens is 366 g/mol. The van der Waals surface area contributed by atoms with Crippen LogP contribution in [0.5, 0.6) is 11.5 Å². The molecule has 0 radical (unpaired) electrons. The Morgan fingerprint density at radius 3 is 2.48 bits per heavy atom. The summed E-state index contributed by atoms with van der Waals surface area (Å²) in [6, 6.07) is 14.1. The first-order valence-corrected chi connectivity index (χ1v) is 9.22. The zero-order valence-corrected chi connectivity index (χ0v) is 16.0. The van der Waals surface area contributed by atoms with Crippen molar-refractivity contribution in [3.05, 3.63) is 59.7 Å². The summed E-state index contributed by atoms with van der Waals surface area (Å²) in [5.74, 6) is 0.671. The van der Waals surface area contributed by atoms with Crippen molar-refractivity contribution in [3.63, 3.8) is 0 Å². The molecule has 142 valence electrons. The van der Waals surface area contributed by atoms with Crippen LogP contribution in [0.2, 0.25) is 0 Å². The van der Waals surface area contributed by atoms with Crippen molar-refractivity contribution in [2.75, 3.05) is 20.8 Å². The molecule has 27 heavy (non-hydrogen) atoms. The van der Waals surface area contributed by atoms with Gasteiger partial charge in [-0.25, -0.2) is 0 Å². The van der Waals surface area contributed by atoms with Crippen molar-refractivity contribution in [2.24, 2.45) is 0 Å². The number of ether oxygens (including phenoxy) is 2. The average molecular weight is 387 g/mol. The van der Waals surface area contributed by atoms with Crippen LogP contribution in [0, 0.1) is 0 Å². The van der Waals surface area contributed by atoms with Crippen LogP contribution in [0.15, 0.2) is 48.5 Å². The van der Waals surface area contributed by atoms with Gasteiger partial charge in [-0.3, -0.25) is 14.4 Å². The highest BCUT2D eigenvalue weighted by Gasteiger charge is 2.18. The molecule has 1 amide bonds. The number of amides is 1. The number of Topliss-reactive ketones (excluding diaryl/α,β-unsaturated/α-hetero) is 1. The largest absolute Gasteiger partial charge is 0.496 e. The summed E-state index contributed by atoms with van der Waals surface area (Å²) in [5.41, 5.74) is 2.03. The van der Waals surface area contributed by atoms with E-state index in [1.165, 1.54) is 14.2 Å². The fourth-order valence-corrected chi connectivity index (χ4v) is 3.13. The third kappa shape index (κ3) is 5.86. The van der Waals surface area contributed by atoms with Gasteiger partial charge in [-0.2, -0.15) is 0 Å². The molecule has 0 saturated carbocycles. The zero-order valence-electron chi connectivity index (χ0n) is 15.1. The van der Waals surface area contributed by atoms with E-state index >= 15 is 0 Å². The van der Waals surface area contributed by atoms with Crippen molar-refractivity contribution >= 4 is 29.1 Å². The molecule has 0 aliphatic heterocycles. The Hall–Kier alpha value is -2.80. The summed E-state index contributed by atoms with van der Waals surface area (Å²) < 4.78 is 10.7. The van der Waals surface area contributed by atoms with Gasteiger partial charge in [0.2, 0.25) is 11.7 Å². The van der Waals surface area contributed by atoms with E-state index < -0.39 is 5.25 Å². The van der Waals surface area contributed by atoms with Crippen molar-refractivity contribution in [3.8, 4) is 11.5 Å². The molecule has 0 aliphatic rings. The van der Waals surface area contributed by atoms with Crippen LogP contribution >= 0.6 is 11.8 Å². The number of methoxy groups -OCH3 is 1. The standard InChI is InChI=1S/C20H21NO5S/c1-21-20(24)19(27-13-22)11-14-7-9-15(10-8-14)26-12-17(23)16-5-3-4-6-18(16)25-2/h3-10,13,19H,11-12H2,1-2H3,(H,21,24). The number of hydrogen-bond acceptors (Lipinski definition) is 6. The molecule has 1 unspecified atom stereocenters. The number of carbonyl (C=O) groups is 3. The fraction of sp³-hybridized carbons (Fsp3) is 0.250. The highest BCUT2D eigenvalue weighted by atomic mass is 32.2. The van der Waals surface area contributed by atoms with Crippen LogP contribution in [0.4, 0.5) is 0 Å². The minimum absolute atomic E-state index is 0.110. The van der Waals surface area contributed by atoms with Gasteiger partial charge in [0.25, 0.3) is 0 Å². The first kappa shape index (κ1) is 20.5. The number of rotatable bonds is 10. The Balaban J connectivity index is 1.96. The van der Waals surface area contributed by atoms with E-state index in [1.54, 1.807) is 36.4 Å². The van der Waals surface area contributed by atoms with Crippen LogP contribution in [-0.4, -0.2) is 43.3 Å². The highest BCUT2D eigenvalue weighted by molar-refractivity contribution is 8.13. The van der Waals surface area contributed by atoms with Gasteiger partial charge in [0.15, 0.2) is 12.2 Å². The SMILES string of the molecule is CNC(=O)C(Cc1ccc(OCC(=O)c2ccccc2OC)cc1)SC=O. The number of carbonyl (C=O) groups excluding carboxylic acids is 3. The van der Waals surface area contributed by atoms with Gasteiger partial charge in [0.1, 0.15) is 11.5 Å². The normalized spacial score (nSPS) is 11.3. The van der Waals surface area contributed by atoms with Crippen LogP contribution in [-0.2, 0) is 16.0 Å². The highest BCUT2D eigenvalue weighted by Crippen LogP contribution is 2.20. The Kier molecular flexibility index (Phi) is 7.88. The Labute approximate surface area is 162 Å². The maximum absolute atomic E-state index is 12.3. The molecular formula is C20H21NO5S. The summed E-state index contributed by atoms with van der Waals surface area (Å²) in [6.45, 7) is -0.110. The Bertz CT molecular complexity index is 791. The summed E-state index contributed by atoms with van der Waals surface area (Å²) >= 11 is 0.943. The maximum Gasteiger partial charge on any atom is 0.233 e. The molecule has 2 rings (SSSR count). The van der Waals surface area contributed by atoms with Gasteiger partial charge >= 0.3 is 0 Å². The fourth-order valence-electron chi connectivity index (χ4n) is 2.47. The maximum atomic E-state index is 12.3. The predicted octanol–water partition coefficient (Wildman–Crippen LogP) is 2.54. The van der Waals surface area contributed by atoms with E-state index in [1.807, 2.05) is 12.1 Å². The lowest BCUT2D eigenvalue weighted by molar-refractivity contribution is -0.120. The van der Waals surface area contributed by atoms with Crippen LogP contribution in [0.25, 0.3) is 0 Å². The molecule has 0 saturated heterocycles. The summed E-state index contributed by atoms with van der Waals surface area (Å²) in [5, 5.41) is 2.07. The number of thioether (sulfide) groups is 1. The van der Waals surface area contributed by atoms with Crippen molar-refractivity contribution in [1.29, 1.82) is 0 Å². The van der Waals surface area contributed by atoms with E-state index in [-0.39, 0.29) is 18.3 Å². The summed E-state index contributed by atoms with van der Waals surface area (Å²) in [4.78, 5) is 34.8. The van der Waals surface area contributed by atoms with E-state index in [0.29, 0.717) is 29.1 Å². The quantitative estimate of drug-likeness (QED) is 0.498. The minimum atomic E-state index is -0.480. The molecule has 0 bridgehead atoms. The molecule has 2 aromatic carbocycles. The topological polar surface area (TPSA) is 81.7 Å². The monoisotopic (exact) mass is 387 g/mol. The molecule has 2 aromatic rings. The minimum Gasteiger partial charge on any atom is -0.496 e. The Morgan fingerprint density at radius 1 is 1.15 bits per heavy atom. The van der Waals surface area contributed by atoms with E-state index in [4.69, 9.17) is 9.47 Å². The van der Waals surface area contributed by atoms with Gasteiger partial charge in [-0.05, 0) is 36.2 Å². The van der Waals surface area contributed by atoms with Gasteiger partial charge < -0.3 is 14.8 Å². The lowest BCUT2D eigenvalue weighted by atomic mass is 10.1. The van der Waals surface area contributed by atoms with E-state index in [9.17, 15) is 14.4 Å². The first-order valence-electron chi connectivity index (χ1n) is 8.27. The van der Waals surface area contributed by atoms with E-state index in [0.717, 1.165) is 17.3 Å². The first-order chi connectivity index (χ1) is 13.1. The van der Waals surface area contributed by atoms with Gasteiger partial charge in [-0.15, -0.1) is 0 Å². The second-order valence-electron chi connectivity index (χ2n) is 5.60. The third-order valence-electron chi connectivity index (χ3n) is 3.88. The van der Waals surface area contributed by atoms with Crippen LogP contribution < -0.4 is 14.8 Å². The number of ketones is 1. The van der Waals surface area contributed by atoms with Crippen molar-refractivity contribution in [2.45, 2.75) is 11.7 Å². The number of benzene rings is 2. The van der Waals surface area contributed by atoms with Crippen molar-refractivity contribution < 1.29 is 23.9 Å². The predicted molar refractivity (Wildman–Crippen MR) is 105 cm³/mol.